The fourth-order valence-corrected chi connectivity index (χ4v) is 2.69. The van der Waals surface area contributed by atoms with Crippen LogP contribution in [0.15, 0.2) is 67.0 Å². The summed E-state index contributed by atoms with van der Waals surface area (Å²) in [5.74, 6) is -4.29. The minimum absolute atomic E-state index is 0. The van der Waals surface area contributed by atoms with E-state index >= 15 is 0 Å². The van der Waals surface area contributed by atoms with E-state index in [2.05, 4.69) is 0 Å². The van der Waals surface area contributed by atoms with Crippen molar-refractivity contribution in [1.29, 1.82) is 0 Å². The fraction of sp³-hybridized carbons (Fsp3) is 0.125. The van der Waals surface area contributed by atoms with Gasteiger partial charge < -0.3 is 34.0 Å². The molecule has 4 aromatic rings. The van der Waals surface area contributed by atoms with Crippen molar-refractivity contribution in [2.75, 3.05) is 7.11 Å². The van der Waals surface area contributed by atoms with Gasteiger partial charge in [-0.1, -0.05) is 19.6 Å². The summed E-state index contributed by atoms with van der Waals surface area (Å²) in [5.41, 5.74) is -0.862. The number of phenolic OH excluding ortho intramolecular Hbond substituents is 1. The molecule has 0 fully saturated rings. The third kappa shape index (κ3) is 6.93. The molecule has 0 unspecified atom stereocenters. The molecule has 2 heterocycles. The molecule has 0 radical (unpaired) electrons. The molecule has 0 saturated carbocycles. The van der Waals surface area contributed by atoms with Crippen molar-refractivity contribution in [3.63, 3.8) is 0 Å². The number of carbonyl (C=O) groups is 3. The molecule has 2 aromatic carbocycles. The lowest BCUT2D eigenvalue weighted by Crippen LogP contribution is -2.06. The Kier molecular flexibility index (Phi) is 9.93. The summed E-state index contributed by atoms with van der Waals surface area (Å²) >= 11 is 0. The predicted molar refractivity (Wildman–Crippen MR) is 127 cm³/mol. The maximum Gasteiger partial charge on any atom is 0.371 e. The fourth-order valence-electron chi connectivity index (χ4n) is 2.69. The second kappa shape index (κ2) is 12.4. The smallest absolute Gasteiger partial charge is 0.371 e. The molecule has 4 rings (SSSR count). The molecule has 0 saturated heterocycles. The van der Waals surface area contributed by atoms with Gasteiger partial charge in [-0.2, -0.15) is 0 Å². The molecule has 36 heavy (non-hydrogen) atoms. The lowest BCUT2D eigenvalue weighted by Gasteiger charge is -2.03. The first-order valence-corrected chi connectivity index (χ1v) is 9.49. The van der Waals surface area contributed by atoms with Crippen LogP contribution in [0.1, 0.15) is 35.5 Å². The molecule has 12 nitrogen and oxygen atoms in total. The molecule has 2 aromatic heterocycles. The van der Waals surface area contributed by atoms with Crippen molar-refractivity contribution in [1.82, 2.24) is 0 Å². The number of aromatic carboxylic acids is 2. The predicted octanol–water partition coefficient (Wildman–Crippen LogP) is 3.42. The Morgan fingerprint density at radius 2 is 1.19 bits per heavy atom. The van der Waals surface area contributed by atoms with E-state index < -0.39 is 40.3 Å². The number of hydrogen-bond donors (Lipinski definition) is 4. The van der Waals surface area contributed by atoms with Gasteiger partial charge in [0.1, 0.15) is 0 Å². The van der Waals surface area contributed by atoms with Gasteiger partial charge in [-0.15, -0.1) is 0 Å². The molecule has 0 bridgehead atoms. The lowest BCUT2D eigenvalue weighted by atomic mass is 10.2. The number of para-hydroxylation sites is 2. The van der Waals surface area contributed by atoms with E-state index in [1.165, 1.54) is 25.3 Å². The number of carboxylic acids is 3. The first-order chi connectivity index (χ1) is 16.5. The second-order valence-electron chi connectivity index (χ2n) is 6.57. The Bertz CT molecular complexity index is 1520. The number of benzene rings is 2. The van der Waals surface area contributed by atoms with E-state index in [0.29, 0.717) is 11.1 Å². The number of fused-ring (bicyclic) bond motifs is 2. The number of aliphatic carboxylic acids is 1. The number of ether oxygens (including phenoxy) is 1. The van der Waals surface area contributed by atoms with Gasteiger partial charge in [0.25, 0.3) is 5.97 Å². The largest absolute Gasteiger partial charge is 0.504 e. The van der Waals surface area contributed by atoms with E-state index in [-0.39, 0.29) is 29.7 Å². The Hall–Kier alpha value is -5.13. The molecule has 0 amide bonds. The summed E-state index contributed by atoms with van der Waals surface area (Å²) in [4.78, 5) is 53.3. The van der Waals surface area contributed by atoms with E-state index in [1.54, 1.807) is 18.2 Å². The highest BCUT2D eigenvalue weighted by Crippen LogP contribution is 2.24. The maximum absolute atomic E-state index is 11.6. The highest BCUT2D eigenvalue weighted by molar-refractivity contribution is 5.90. The van der Waals surface area contributed by atoms with Gasteiger partial charge in [0, 0.05) is 19.1 Å². The number of aromatic hydroxyl groups is 1. The summed E-state index contributed by atoms with van der Waals surface area (Å²) in [7, 11) is 1.42. The summed E-state index contributed by atoms with van der Waals surface area (Å²) in [6, 6.07) is 10.9. The van der Waals surface area contributed by atoms with Crippen LogP contribution in [0.2, 0.25) is 0 Å². The monoisotopic (exact) mass is 502 g/mol. The van der Waals surface area contributed by atoms with Gasteiger partial charge >= 0.3 is 11.9 Å². The van der Waals surface area contributed by atoms with Crippen LogP contribution >= 0.6 is 0 Å². The van der Waals surface area contributed by atoms with Crippen LogP contribution in [0.5, 0.6) is 11.5 Å². The molecule has 0 aliphatic heterocycles. The summed E-state index contributed by atoms with van der Waals surface area (Å²) in [6.07, 6.45) is 0. The standard InChI is InChI=1S/C11H8O5.C10H6O5.C2H4O2.CH4/c1-15-8-4-2-3-6-7(12)5-9(11(13)14)16-10(6)8;11-6-3-1-2-5-7(12)4-8(10(13)14)15-9(5)6;1-2(3)4;/h2-5H,1H3,(H,13,14);1-4,11H,(H,13,14);1H3,(H,3,4);1H4. The first kappa shape index (κ1) is 28.9. The first-order valence-electron chi connectivity index (χ1n) is 9.49. The Labute approximate surface area is 202 Å². The van der Waals surface area contributed by atoms with Crippen LogP contribution in [0.25, 0.3) is 21.9 Å². The highest BCUT2D eigenvalue weighted by atomic mass is 16.5. The van der Waals surface area contributed by atoms with Gasteiger partial charge in [0.15, 0.2) is 33.5 Å². The van der Waals surface area contributed by atoms with Crippen molar-refractivity contribution >= 4 is 39.8 Å². The van der Waals surface area contributed by atoms with Gasteiger partial charge in [0.2, 0.25) is 11.5 Å². The molecule has 0 spiro atoms. The topological polar surface area (TPSA) is 202 Å². The lowest BCUT2D eigenvalue weighted by molar-refractivity contribution is -0.134. The summed E-state index contributed by atoms with van der Waals surface area (Å²) in [6.45, 7) is 1.08. The van der Waals surface area contributed by atoms with Gasteiger partial charge in [0.05, 0.1) is 17.9 Å². The van der Waals surface area contributed by atoms with Crippen LogP contribution < -0.4 is 15.6 Å². The number of rotatable bonds is 3. The third-order valence-electron chi connectivity index (χ3n) is 4.09. The molecule has 0 aliphatic rings. The normalized spacial score (nSPS) is 9.61. The summed E-state index contributed by atoms with van der Waals surface area (Å²) in [5, 5.41) is 34.6. The highest BCUT2D eigenvalue weighted by Gasteiger charge is 2.14. The van der Waals surface area contributed by atoms with E-state index in [0.717, 1.165) is 19.1 Å². The maximum atomic E-state index is 11.6. The van der Waals surface area contributed by atoms with Crippen LogP contribution in [-0.4, -0.2) is 45.4 Å². The quantitative estimate of drug-likeness (QED) is 0.318. The molecule has 4 N–H and O–H groups in total. The SMILES string of the molecule is C.CC(=O)O.COc1cccc2c(=O)cc(C(=O)O)oc12.O=C(O)c1cc(=O)c2cccc(O)c2o1. The molecular weight excluding hydrogens is 480 g/mol. The number of carboxylic acid groups (broad SMARTS) is 3. The van der Waals surface area contributed by atoms with Crippen molar-refractivity contribution < 1.29 is 48.4 Å². The zero-order valence-electron chi connectivity index (χ0n) is 18.2. The van der Waals surface area contributed by atoms with Gasteiger partial charge in [-0.25, -0.2) is 9.59 Å². The van der Waals surface area contributed by atoms with Crippen molar-refractivity contribution in [2.24, 2.45) is 0 Å². The average Bonchev–Trinajstić information content (AvgIpc) is 2.79. The van der Waals surface area contributed by atoms with Gasteiger partial charge in [-0.05, 0) is 24.3 Å². The molecule has 0 aliphatic carbocycles. The number of methoxy groups -OCH3 is 1. The molecule has 12 heteroatoms. The molecule has 190 valence electrons. The van der Waals surface area contributed by atoms with E-state index in [4.69, 9.17) is 33.7 Å². The Morgan fingerprint density at radius 3 is 1.64 bits per heavy atom. The van der Waals surface area contributed by atoms with Crippen LogP contribution in [0.4, 0.5) is 0 Å². The van der Waals surface area contributed by atoms with E-state index in [9.17, 15) is 24.3 Å². The van der Waals surface area contributed by atoms with Crippen molar-refractivity contribution in [2.45, 2.75) is 14.4 Å². The van der Waals surface area contributed by atoms with Crippen LogP contribution in [0, 0.1) is 0 Å². The van der Waals surface area contributed by atoms with Crippen molar-refractivity contribution in [3.8, 4) is 11.5 Å². The third-order valence-corrected chi connectivity index (χ3v) is 4.09. The van der Waals surface area contributed by atoms with Crippen LogP contribution in [0.3, 0.4) is 0 Å². The zero-order chi connectivity index (χ0) is 26.3. The average molecular weight is 502 g/mol. The van der Waals surface area contributed by atoms with Gasteiger partial charge in [-0.3, -0.25) is 14.4 Å². The number of phenols is 1. The Balaban J connectivity index is 0.000000307. The number of hydrogen-bond acceptors (Lipinski definition) is 9. The minimum Gasteiger partial charge on any atom is -0.504 e. The molecule has 0 atom stereocenters. The van der Waals surface area contributed by atoms with E-state index in [1.807, 2.05) is 0 Å². The van der Waals surface area contributed by atoms with Crippen molar-refractivity contribution in [3.05, 3.63) is 80.5 Å². The minimum atomic E-state index is -1.35. The zero-order valence-corrected chi connectivity index (χ0v) is 18.2. The molecular formula is C24H22O12. The van der Waals surface area contributed by atoms with Crippen LogP contribution in [-0.2, 0) is 4.79 Å². The second-order valence-corrected chi connectivity index (χ2v) is 6.57. The Morgan fingerprint density at radius 1 is 0.778 bits per heavy atom. The summed E-state index contributed by atoms with van der Waals surface area (Å²) < 4.78 is 15.0.